The van der Waals surface area contributed by atoms with Gasteiger partial charge < -0.3 is 20.0 Å². The third-order valence-electron chi connectivity index (χ3n) is 5.06. The van der Waals surface area contributed by atoms with Crippen LogP contribution in [0.5, 0.6) is 0 Å². The molecule has 8 nitrogen and oxygen atoms in total. The van der Waals surface area contributed by atoms with Crippen molar-refractivity contribution in [2.75, 3.05) is 36.4 Å². The van der Waals surface area contributed by atoms with Crippen molar-refractivity contribution in [3.63, 3.8) is 0 Å². The molecule has 3 N–H and O–H groups in total. The molecule has 1 aliphatic rings. The topological polar surface area (TPSA) is 99.1 Å². The monoisotopic (exact) mass is 388 g/mol. The van der Waals surface area contributed by atoms with Gasteiger partial charge >= 0.3 is 0 Å². The SMILES string of the molecule is O=C(Nc1cnccc1N1CCNCC1)c1ccc(-c2ccc3[nH]ncc3c2)o1. The average Bonchev–Trinajstić information content (AvgIpc) is 3.44. The molecule has 0 atom stereocenters. The minimum absolute atomic E-state index is 0.252. The first-order valence-electron chi connectivity index (χ1n) is 9.52. The summed E-state index contributed by atoms with van der Waals surface area (Å²) in [5.41, 5.74) is 3.49. The van der Waals surface area contributed by atoms with Crippen LogP contribution in [0.1, 0.15) is 10.6 Å². The molecule has 0 unspecified atom stereocenters. The van der Waals surface area contributed by atoms with E-state index in [0.717, 1.165) is 48.3 Å². The molecular weight excluding hydrogens is 368 g/mol. The second-order valence-corrected chi connectivity index (χ2v) is 6.92. The zero-order valence-corrected chi connectivity index (χ0v) is 15.7. The van der Waals surface area contributed by atoms with Crippen molar-refractivity contribution in [2.45, 2.75) is 0 Å². The van der Waals surface area contributed by atoms with Gasteiger partial charge in [-0.1, -0.05) is 0 Å². The fraction of sp³-hybridized carbons (Fsp3) is 0.190. The fourth-order valence-corrected chi connectivity index (χ4v) is 3.56. The number of carbonyl (C=O) groups is 1. The Kier molecular flexibility index (Phi) is 4.45. The first-order chi connectivity index (χ1) is 14.3. The molecule has 1 amide bonds. The van der Waals surface area contributed by atoms with E-state index in [2.05, 4.69) is 30.7 Å². The predicted molar refractivity (Wildman–Crippen MR) is 111 cm³/mol. The summed E-state index contributed by atoms with van der Waals surface area (Å²) in [6.45, 7) is 3.60. The van der Waals surface area contributed by atoms with Crippen LogP contribution in [0.3, 0.4) is 0 Å². The van der Waals surface area contributed by atoms with Crippen LogP contribution in [-0.4, -0.2) is 47.3 Å². The van der Waals surface area contributed by atoms with E-state index in [9.17, 15) is 4.79 Å². The Morgan fingerprint density at radius 2 is 2.00 bits per heavy atom. The van der Waals surface area contributed by atoms with Crippen LogP contribution in [0.2, 0.25) is 0 Å². The van der Waals surface area contributed by atoms with Crippen molar-refractivity contribution in [2.24, 2.45) is 0 Å². The van der Waals surface area contributed by atoms with Gasteiger partial charge in [-0.15, -0.1) is 0 Å². The highest BCUT2D eigenvalue weighted by Crippen LogP contribution is 2.28. The number of nitrogens with one attached hydrogen (secondary N) is 3. The lowest BCUT2D eigenvalue weighted by molar-refractivity contribution is 0.0997. The number of aromatic amines is 1. The van der Waals surface area contributed by atoms with Crippen molar-refractivity contribution >= 4 is 28.2 Å². The lowest BCUT2D eigenvalue weighted by Gasteiger charge is -2.30. The van der Waals surface area contributed by atoms with E-state index in [1.807, 2.05) is 24.3 Å². The average molecular weight is 388 g/mol. The van der Waals surface area contributed by atoms with Crippen LogP contribution in [-0.2, 0) is 0 Å². The van der Waals surface area contributed by atoms with E-state index in [4.69, 9.17) is 4.42 Å². The summed E-state index contributed by atoms with van der Waals surface area (Å²) in [6.07, 6.45) is 5.17. The van der Waals surface area contributed by atoms with Gasteiger partial charge in [-0.05, 0) is 36.4 Å². The molecule has 0 aliphatic carbocycles. The Balaban J connectivity index is 1.37. The number of piperazine rings is 1. The number of fused-ring (bicyclic) bond motifs is 1. The number of H-pyrrole nitrogens is 1. The minimum atomic E-state index is -0.301. The van der Waals surface area contributed by atoms with Crippen LogP contribution >= 0.6 is 0 Å². The molecule has 1 fully saturated rings. The summed E-state index contributed by atoms with van der Waals surface area (Å²) in [6, 6.07) is 11.3. The first kappa shape index (κ1) is 17.4. The highest BCUT2D eigenvalue weighted by atomic mass is 16.3. The molecule has 0 bridgehead atoms. The Labute approximate surface area is 166 Å². The van der Waals surface area contributed by atoms with Crippen LogP contribution < -0.4 is 15.5 Å². The normalized spacial score (nSPS) is 14.3. The molecule has 0 radical (unpaired) electrons. The molecule has 0 spiro atoms. The van der Waals surface area contributed by atoms with E-state index in [-0.39, 0.29) is 11.7 Å². The Morgan fingerprint density at radius 1 is 1.10 bits per heavy atom. The number of hydrogen-bond acceptors (Lipinski definition) is 6. The highest BCUT2D eigenvalue weighted by Gasteiger charge is 2.18. The van der Waals surface area contributed by atoms with Crippen LogP contribution in [0.25, 0.3) is 22.2 Å². The Bertz CT molecular complexity index is 1160. The summed E-state index contributed by atoms with van der Waals surface area (Å²) in [4.78, 5) is 19.2. The lowest BCUT2D eigenvalue weighted by atomic mass is 10.1. The minimum Gasteiger partial charge on any atom is -0.451 e. The van der Waals surface area contributed by atoms with Crippen molar-refractivity contribution in [1.82, 2.24) is 20.5 Å². The van der Waals surface area contributed by atoms with E-state index >= 15 is 0 Å². The van der Waals surface area contributed by atoms with E-state index in [1.165, 1.54) is 0 Å². The third kappa shape index (κ3) is 3.45. The van der Waals surface area contributed by atoms with Crippen molar-refractivity contribution in [1.29, 1.82) is 0 Å². The van der Waals surface area contributed by atoms with Crippen LogP contribution in [0.15, 0.2) is 59.4 Å². The van der Waals surface area contributed by atoms with Crippen molar-refractivity contribution in [3.05, 3.63) is 60.7 Å². The second kappa shape index (κ2) is 7.40. The van der Waals surface area contributed by atoms with Gasteiger partial charge in [0.1, 0.15) is 5.76 Å². The first-order valence-corrected chi connectivity index (χ1v) is 9.52. The summed E-state index contributed by atoms with van der Waals surface area (Å²) < 4.78 is 5.83. The Morgan fingerprint density at radius 3 is 2.90 bits per heavy atom. The van der Waals surface area contributed by atoms with Gasteiger partial charge in [-0.3, -0.25) is 14.9 Å². The number of pyridine rings is 1. The zero-order chi connectivity index (χ0) is 19.6. The molecule has 0 saturated carbocycles. The number of rotatable bonds is 4. The van der Waals surface area contributed by atoms with Gasteiger partial charge in [-0.2, -0.15) is 5.10 Å². The standard InChI is InChI=1S/C21H20N6O2/c28-21(25-17-13-23-6-5-18(17)27-9-7-22-8-10-27)20-4-3-19(29-20)14-1-2-16-15(11-14)12-24-26-16/h1-6,11-13,22H,7-10H2,(H,24,26)(H,25,28). The van der Waals surface area contributed by atoms with Gasteiger partial charge in [0.15, 0.2) is 5.76 Å². The zero-order valence-electron chi connectivity index (χ0n) is 15.7. The predicted octanol–water partition coefficient (Wildman–Crippen LogP) is 2.88. The van der Waals surface area contributed by atoms with Gasteiger partial charge in [0, 0.05) is 43.3 Å². The molecule has 5 rings (SSSR count). The maximum Gasteiger partial charge on any atom is 0.291 e. The number of aromatic nitrogens is 3. The number of carbonyl (C=O) groups excluding carboxylic acids is 1. The summed E-state index contributed by atoms with van der Waals surface area (Å²) >= 11 is 0. The van der Waals surface area contributed by atoms with Gasteiger partial charge in [-0.25, -0.2) is 0 Å². The van der Waals surface area contributed by atoms with Gasteiger partial charge in [0.2, 0.25) is 0 Å². The van der Waals surface area contributed by atoms with Gasteiger partial charge in [0.25, 0.3) is 5.91 Å². The fourth-order valence-electron chi connectivity index (χ4n) is 3.56. The molecule has 1 aromatic carbocycles. The molecule has 1 saturated heterocycles. The van der Waals surface area contributed by atoms with Crippen LogP contribution in [0, 0.1) is 0 Å². The molecule has 4 aromatic rings. The maximum atomic E-state index is 12.8. The number of amides is 1. The molecule has 1 aliphatic heterocycles. The van der Waals surface area contributed by atoms with E-state index in [1.54, 1.807) is 30.7 Å². The third-order valence-corrected chi connectivity index (χ3v) is 5.06. The largest absolute Gasteiger partial charge is 0.451 e. The quantitative estimate of drug-likeness (QED) is 0.497. The van der Waals surface area contributed by atoms with Crippen molar-refractivity contribution in [3.8, 4) is 11.3 Å². The molecule has 3 aromatic heterocycles. The van der Waals surface area contributed by atoms with Crippen molar-refractivity contribution < 1.29 is 9.21 Å². The number of benzene rings is 1. The molecule has 4 heterocycles. The van der Waals surface area contributed by atoms with Crippen LogP contribution in [0.4, 0.5) is 11.4 Å². The smallest absolute Gasteiger partial charge is 0.291 e. The van der Waals surface area contributed by atoms with E-state index in [0.29, 0.717) is 11.4 Å². The number of hydrogen-bond donors (Lipinski definition) is 3. The number of furan rings is 1. The summed E-state index contributed by atoms with van der Waals surface area (Å²) in [5, 5.41) is 14.2. The molecule has 29 heavy (non-hydrogen) atoms. The summed E-state index contributed by atoms with van der Waals surface area (Å²) in [7, 11) is 0. The maximum absolute atomic E-state index is 12.8. The molecular formula is C21H20N6O2. The Hall–Kier alpha value is -3.65. The number of anilines is 2. The highest BCUT2D eigenvalue weighted by molar-refractivity contribution is 6.04. The summed E-state index contributed by atoms with van der Waals surface area (Å²) in [5.74, 6) is 0.583. The number of nitrogens with zero attached hydrogens (tertiary/aromatic N) is 3. The second-order valence-electron chi connectivity index (χ2n) is 6.92. The lowest BCUT2D eigenvalue weighted by Crippen LogP contribution is -2.43. The van der Waals surface area contributed by atoms with Gasteiger partial charge in [0.05, 0.1) is 29.3 Å². The molecule has 8 heteroatoms. The molecule has 146 valence electrons. The van der Waals surface area contributed by atoms with E-state index < -0.39 is 0 Å².